The van der Waals surface area contributed by atoms with Gasteiger partial charge >= 0.3 is 0 Å². The van der Waals surface area contributed by atoms with Crippen molar-refractivity contribution >= 4 is 57.9 Å². The normalized spacial score (nSPS) is 10.7. The number of anilines is 1. The van der Waals surface area contributed by atoms with Crippen LogP contribution in [0.1, 0.15) is 11.3 Å². The lowest BCUT2D eigenvalue weighted by Crippen LogP contribution is -2.14. The minimum absolute atomic E-state index is 0.0302. The molecule has 1 aromatic heterocycles. The van der Waals surface area contributed by atoms with Crippen molar-refractivity contribution < 1.29 is 9.18 Å². The summed E-state index contributed by atoms with van der Waals surface area (Å²) in [4.78, 5) is 16.6. The quantitative estimate of drug-likeness (QED) is 0.486. The molecule has 8 heteroatoms. The fourth-order valence-electron chi connectivity index (χ4n) is 2.11. The Kier molecular flexibility index (Phi) is 6.53. The summed E-state index contributed by atoms with van der Waals surface area (Å²) in [6.07, 6.45) is 0.146. The largest absolute Gasteiger partial charge is 0.326 e. The number of nitrogens with one attached hydrogen (secondary N) is 1. The van der Waals surface area contributed by atoms with E-state index in [1.54, 1.807) is 11.8 Å². The van der Waals surface area contributed by atoms with Crippen molar-refractivity contribution in [1.82, 2.24) is 4.98 Å². The average molecular weight is 427 g/mol. The third-order valence-electron chi connectivity index (χ3n) is 3.35. The zero-order chi connectivity index (χ0) is 18.5. The summed E-state index contributed by atoms with van der Waals surface area (Å²) in [5.41, 5.74) is 2.30. The smallest absolute Gasteiger partial charge is 0.230 e. The number of aromatic nitrogens is 1. The van der Waals surface area contributed by atoms with Gasteiger partial charge in [0.1, 0.15) is 10.2 Å². The molecule has 0 saturated carbocycles. The van der Waals surface area contributed by atoms with Crippen molar-refractivity contribution in [2.75, 3.05) is 5.32 Å². The maximum atomic E-state index is 13.1. The number of rotatable bonds is 6. The molecule has 3 aromatic rings. The molecule has 3 rings (SSSR count). The molecule has 1 N–H and O–H groups in total. The van der Waals surface area contributed by atoms with Crippen molar-refractivity contribution in [3.8, 4) is 0 Å². The number of hydrogen-bond donors (Lipinski definition) is 1. The standard InChI is InChI=1S/C18H13Cl2FN2OS2/c19-12-3-1-11(2-4-12)9-25-18-23-14(10-26-18)8-17(24)22-13-5-6-16(21)15(20)7-13/h1-7,10H,8-9H2,(H,22,24). The number of halogens is 3. The summed E-state index contributed by atoms with van der Waals surface area (Å²) in [5.74, 6) is 0.0310. The number of nitrogens with zero attached hydrogens (tertiary/aromatic N) is 1. The highest BCUT2D eigenvalue weighted by molar-refractivity contribution is 8.00. The van der Waals surface area contributed by atoms with E-state index in [0.29, 0.717) is 16.4 Å². The van der Waals surface area contributed by atoms with Crippen LogP contribution in [0.2, 0.25) is 10.0 Å². The lowest BCUT2D eigenvalue weighted by molar-refractivity contribution is -0.115. The lowest BCUT2D eigenvalue weighted by Gasteiger charge is -2.04. The first-order valence-corrected chi connectivity index (χ1v) is 10.2. The monoisotopic (exact) mass is 426 g/mol. The zero-order valence-corrected chi connectivity index (χ0v) is 16.5. The summed E-state index contributed by atoms with van der Waals surface area (Å²) in [5, 5.41) is 5.23. The molecule has 0 aliphatic carbocycles. The van der Waals surface area contributed by atoms with E-state index in [2.05, 4.69) is 10.3 Å². The van der Waals surface area contributed by atoms with Crippen LogP contribution in [0.15, 0.2) is 52.2 Å². The van der Waals surface area contributed by atoms with Gasteiger partial charge in [0.25, 0.3) is 0 Å². The maximum absolute atomic E-state index is 13.1. The van der Waals surface area contributed by atoms with E-state index >= 15 is 0 Å². The van der Waals surface area contributed by atoms with Crippen molar-refractivity contribution in [3.63, 3.8) is 0 Å². The van der Waals surface area contributed by atoms with E-state index in [1.165, 1.54) is 29.5 Å². The van der Waals surface area contributed by atoms with E-state index in [0.717, 1.165) is 15.7 Å². The highest BCUT2D eigenvalue weighted by Gasteiger charge is 2.10. The number of carbonyl (C=O) groups excluding carboxylic acids is 1. The van der Waals surface area contributed by atoms with Crippen LogP contribution in [-0.2, 0) is 17.0 Å². The fraction of sp³-hybridized carbons (Fsp3) is 0.111. The van der Waals surface area contributed by atoms with Crippen LogP contribution in [0.3, 0.4) is 0 Å². The summed E-state index contributed by atoms with van der Waals surface area (Å²) >= 11 is 14.7. The van der Waals surface area contributed by atoms with Crippen molar-refractivity contribution in [3.05, 3.63) is 75.0 Å². The van der Waals surface area contributed by atoms with Gasteiger partial charge in [-0.1, -0.05) is 47.1 Å². The summed E-state index contributed by atoms with van der Waals surface area (Å²) in [6, 6.07) is 11.7. The third-order valence-corrected chi connectivity index (χ3v) is 6.03. The third kappa shape index (κ3) is 5.45. The topological polar surface area (TPSA) is 42.0 Å². The van der Waals surface area contributed by atoms with Crippen molar-refractivity contribution in [2.24, 2.45) is 0 Å². The molecule has 2 aromatic carbocycles. The number of thiazole rings is 1. The molecular weight excluding hydrogens is 414 g/mol. The molecule has 1 amide bonds. The van der Waals surface area contributed by atoms with Gasteiger partial charge in [0.05, 0.1) is 17.1 Å². The Morgan fingerprint density at radius 2 is 1.96 bits per heavy atom. The van der Waals surface area contributed by atoms with Gasteiger partial charge in [-0.25, -0.2) is 9.37 Å². The van der Waals surface area contributed by atoms with E-state index < -0.39 is 5.82 Å². The van der Waals surface area contributed by atoms with Gasteiger partial charge in [-0.05, 0) is 35.9 Å². The van der Waals surface area contributed by atoms with Crippen LogP contribution in [0.4, 0.5) is 10.1 Å². The molecule has 0 aliphatic rings. The molecule has 0 saturated heterocycles. The van der Waals surface area contributed by atoms with E-state index in [4.69, 9.17) is 23.2 Å². The Morgan fingerprint density at radius 3 is 2.69 bits per heavy atom. The molecule has 1 heterocycles. The van der Waals surface area contributed by atoms with Gasteiger partial charge in [-0.15, -0.1) is 11.3 Å². The van der Waals surface area contributed by atoms with Crippen LogP contribution in [-0.4, -0.2) is 10.9 Å². The Morgan fingerprint density at radius 1 is 1.19 bits per heavy atom. The van der Waals surface area contributed by atoms with Gasteiger partial charge in [0, 0.05) is 21.8 Å². The van der Waals surface area contributed by atoms with Gasteiger partial charge in [0.2, 0.25) is 5.91 Å². The molecule has 0 bridgehead atoms. The molecule has 0 fully saturated rings. The molecule has 0 aliphatic heterocycles. The first-order valence-electron chi connectivity index (χ1n) is 7.56. The lowest BCUT2D eigenvalue weighted by atomic mass is 10.2. The van der Waals surface area contributed by atoms with Crippen LogP contribution < -0.4 is 5.32 Å². The van der Waals surface area contributed by atoms with Gasteiger partial charge < -0.3 is 5.32 Å². The molecule has 134 valence electrons. The van der Waals surface area contributed by atoms with Crippen LogP contribution >= 0.6 is 46.3 Å². The van der Waals surface area contributed by atoms with E-state index in [9.17, 15) is 9.18 Å². The molecule has 0 radical (unpaired) electrons. The van der Waals surface area contributed by atoms with Crippen LogP contribution in [0.5, 0.6) is 0 Å². The second-order valence-corrected chi connectivity index (χ2v) is 8.30. The Bertz CT molecular complexity index is 916. The minimum Gasteiger partial charge on any atom is -0.326 e. The SMILES string of the molecule is O=C(Cc1csc(SCc2ccc(Cl)cc2)n1)Nc1ccc(F)c(Cl)c1. The molecular formula is C18H13Cl2FN2OS2. The Labute approximate surface area is 168 Å². The number of thioether (sulfide) groups is 1. The summed E-state index contributed by atoms with van der Waals surface area (Å²) < 4.78 is 14.0. The molecule has 26 heavy (non-hydrogen) atoms. The van der Waals surface area contributed by atoms with Gasteiger partial charge in [-0.3, -0.25) is 4.79 Å². The molecule has 0 unspecified atom stereocenters. The zero-order valence-electron chi connectivity index (χ0n) is 13.3. The molecule has 0 atom stereocenters. The predicted molar refractivity (Wildman–Crippen MR) is 107 cm³/mol. The van der Waals surface area contributed by atoms with Crippen molar-refractivity contribution in [2.45, 2.75) is 16.5 Å². The highest BCUT2D eigenvalue weighted by atomic mass is 35.5. The van der Waals surface area contributed by atoms with E-state index in [1.807, 2.05) is 29.6 Å². The van der Waals surface area contributed by atoms with Gasteiger partial charge in [0.15, 0.2) is 0 Å². The molecule has 3 nitrogen and oxygen atoms in total. The number of hydrogen-bond acceptors (Lipinski definition) is 4. The minimum atomic E-state index is -0.522. The summed E-state index contributed by atoms with van der Waals surface area (Å²) in [6.45, 7) is 0. The fourth-order valence-corrected chi connectivity index (χ4v) is 4.21. The number of benzene rings is 2. The molecule has 0 spiro atoms. The summed E-state index contributed by atoms with van der Waals surface area (Å²) in [7, 11) is 0. The maximum Gasteiger partial charge on any atom is 0.230 e. The second-order valence-electron chi connectivity index (χ2n) is 5.37. The second kappa shape index (κ2) is 8.86. The van der Waals surface area contributed by atoms with Crippen molar-refractivity contribution in [1.29, 1.82) is 0 Å². The first-order chi connectivity index (χ1) is 12.5. The average Bonchev–Trinajstić information content (AvgIpc) is 3.05. The predicted octanol–water partition coefficient (Wildman–Crippen LogP) is 6.06. The van der Waals surface area contributed by atoms with E-state index in [-0.39, 0.29) is 17.4 Å². The van der Waals surface area contributed by atoms with Crippen LogP contribution in [0, 0.1) is 5.82 Å². The van der Waals surface area contributed by atoms with Crippen LogP contribution in [0.25, 0.3) is 0 Å². The highest BCUT2D eigenvalue weighted by Crippen LogP contribution is 2.27. The van der Waals surface area contributed by atoms with Gasteiger partial charge in [-0.2, -0.15) is 0 Å². The Balaban J connectivity index is 1.53. The Hall–Kier alpha value is -1.60. The number of amides is 1. The first kappa shape index (κ1) is 19.2. The number of carbonyl (C=O) groups is 1.